The highest BCUT2D eigenvalue weighted by Gasteiger charge is 2.35. The number of nitrogens with one attached hydrogen (secondary N) is 1. The van der Waals surface area contributed by atoms with Crippen LogP contribution in [0.15, 0.2) is 42.6 Å². The molecule has 0 spiro atoms. The molecule has 210 valence electrons. The molecular formula is C27H30F3N3O5S. The predicted molar refractivity (Wildman–Crippen MR) is 142 cm³/mol. The molecule has 2 aromatic heterocycles. The Labute approximate surface area is 224 Å². The van der Waals surface area contributed by atoms with Gasteiger partial charge in [0.1, 0.15) is 5.82 Å². The van der Waals surface area contributed by atoms with Crippen molar-refractivity contribution in [1.82, 2.24) is 9.55 Å². The van der Waals surface area contributed by atoms with E-state index in [-0.39, 0.29) is 51.1 Å². The second kappa shape index (κ2) is 10.6. The van der Waals surface area contributed by atoms with Crippen LogP contribution in [0.3, 0.4) is 0 Å². The third kappa shape index (κ3) is 6.55. The molecule has 1 fully saturated rings. The van der Waals surface area contributed by atoms with E-state index in [4.69, 9.17) is 0 Å². The first-order valence-electron chi connectivity index (χ1n) is 12.4. The standard InChI is InChI=1S/C27H30F3N3O5S/c1-15(16-6-7-16)33-20-13-21(38-26(29)30)19(28)12-18(20)23(25(34)35)24(33)17-8-9-22(31-14-17)32-39(36,37)11-5-10-27(2,3)4/h5,8-10,12-16,26H,6-7,11H2,1-4H3,(H,31,32)(H,34,35). The van der Waals surface area contributed by atoms with E-state index in [9.17, 15) is 31.5 Å². The number of fused-ring (bicyclic) bond motifs is 1. The zero-order chi connectivity index (χ0) is 28.7. The van der Waals surface area contributed by atoms with E-state index < -0.39 is 34.2 Å². The maximum Gasteiger partial charge on any atom is 0.387 e. The second-order valence-electron chi connectivity index (χ2n) is 10.7. The number of sulfonamides is 1. The lowest BCUT2D eigenvalue weighted by atomic mass is 9.97. The Balaban J connectivity index is 1.79. The maximum absolute atomic E-state index is 14.7. The van der Waals surface area contributed by atoms with Crippen LogP contribution in [-0.2, 0) is 10.0 Å². The lowest BCUT2D eigenvalue weighted by molar-refractivity contribution is -0.0521. The number of anilines is 1. The average Bonchev–Trinajstić information content (AvgIpc) is 3.60. The number of rotatable bonds is 10. The largest absolute Gasteiger partial charge is 0.478 e. The highest BCUT2D eigenvalue weighted by Crippen LogP contribution is 2.46. The van der Waals surface area contributed by atoms with Gasteiger partial charge in [-0.25, -0.2) is 22.6 Å². The summed E-state index contributed by atoms with van der Waals surface area (Å²) in [5, 5.41) is 10.1. The minimum atomic E-state index is -3.74. The first kappa shape index (κ1) is 28.5. The molecule has 1 unspecified atom stereocenters. The Bertz CT molecular complexity index is 1520. The monoisotopic (exact) mass is 565 g/mol. The van der Waals surface area contributed by atoms with Crippen LogP contribution in [0.25, 0.3) is 22.2 Å². The molecule has 3 aromatic rings. The van der Waals surface area contributed by atoms with E-state index in [1.807, 2.05) is 27.7 Å². The maximum atomic E-state index is 14.7. The summed E-state index contributed by atoms with van der Waals surface area (Å²) in [4.78, 5) is 16.6. The van der Waals surface area contributed by atoms with Crippen LogP contribution in [0.4, 0.5) is 19.0 Å². The number of hydrogen-bond acceptors (Lipinski definition) is 5. The van der Waals surface area contributed by atoms with Crippen LogP contribution in [-0.4, -0.2) is 41.4 Å². The number of allylic oxidation sites excluding steroid dienone is 1. The summed E-state index contributed by atoms with van der Waals surface area (Å²) in [6, 6.07) is 4.65. The van der Waals surface area contributed by atoms with E-state index in [1.165, 1.54) is 18.3 Å². The summed E-state index contributed by atoms with van der Waals surface area (Å²) in [5.74, 6) is -3.14. The van der Waals surface area contributed by atoms with Gasteiger partial charge in [0.15, 0.2) is 11.6 Å². The lowest BCUT2D eigenvalue weighted by Crippen LogP contribution is -2.16. The Morgan fingerprint density at radius 2 is 1.97 bits per heavy atom. The second-order valence-corrected chi connectivity index (χ2v) is 12.5. The van der Waals surface area contributed by atoms with Crippen molar-refractivity contribution in [3.8, 4) is 17.0 Å². The number of pyridine rings is 1. The van der Waals surface area contributed by atoms with Crippen molar-refractivity contribution in [3.63, 3.8) is 0 Å². The summed E-state index contributed by atoms with van der Waals surface area (Å²) in [7, 11) is -3.74. The number of carboxylic acid groups (broad SMARTS) is 1. The lowest BCUT2D eigenvalue weighted by Gasteiger charge is -2.19. The SMILES string of the molecule is CC(C1CC1)n1c(-c2ccc(NS(=O)(=O)CC=CC(C)(C)C)nc2)c(C(=O)O)c2cc(F)c(OC(F)F)cc21. The summed E-state index contributed by atoms with van der Waals surface area (Å²) >= 11 is 0. The van der Waals surface area contributed by atoms with E-state index in [2.05, 4.69) is 14.4 Å². The normalized spacial score (nSPS) is 15.3. The molecule has 0 radical (unpaired) electrons. The molecule has 1 atom stereocenters. The van der Waals surface area contributed by atoms with Gasteiger partial charge < -0.3 is 14.4 Å². The zero-order valence-electron chi connectivity index (χ0n) is 21.9. The van der Waals surface area contributed by atoms with Crippen molar-refractivity contribution in [2.75, 3.05) is 10.5 Å². The number of hydrogen-bond donors (Lipinski definition) is 2. The highest BCUT2D eigenvalue weighted by molar-refractivity contribution is 7.92. The molecule has 12 heteroatoms. The minimum Gasteiger partial charge on any atom is -0.478 e. The fraction of sp³-hybridized carbons (Fsp3) is 0.407. The van der Waals surface area contributed by atoms with Crippen molar-refractivity contribution >= 4 is 32.7 Å². The zero-order valence-corrected chi connectivity index (χ0v) is 22.7. The topological polar surface area (TPSA) is 111 Å². The molecule has 0 amide bonds. The molecule has 0 bridgehead atoms. The molecule has 8 nitrogen and oxygen atoms in total. The molecule has 39 heavy (non-hydrogen) atoms. The van der Waals surface area contributed by atoms with E-state index in [0.717, 1.165) is 25.0 Å². The van der Waals surface area contributed by atoms with Crippen molar-refractivity contribution in [1.29, 1.82) is 0 Å². The van der Waals surface area contributed by atoms with Crippen molar-refractivity contribution < 1.29 is 36.2 Å². The minimum absolute atomic E-state index is 0.0273. The van der Waals surface area contributed by atoms with Gasteiger partial charge in [-0.3, -0.25) is 4.72 Å². The van der Waals surface area contributed by atoms with Crippen LogP contribution < -0.4 is 9.46 Å². The first-order valence-corrected chi connectivity index (χ1v) is 14.0. The Kier molecular flexibility index (Phi) is 7.70. The molecule has 2 heterocycles. The summed E-state index contributed by atoms with van der Waals surface area (Å²) in [6.45, 7) is 4.45. The van der Waals surface area contributed by atoms with Crippen LogP contribution in [0.2, 0.25) is 0 Å². The van der Waals surface area contributed by atoms with Gasteiger partial charge in [0.05, 0.1) is 22.5 Å². The van der Waals surface area contributed by atoms with Crippen LogP contribution >= 0.6 is 0 Å². The number of halogens is 3. The third-order valence-electron chi connectivity index (χ3n) is 6.43. The average molecular weight is 566 g/mol. The molecule has 2 N–H and O–H groups in total. The molecule has 0 aliphatic heterocycles. The summed E-state index contributed by atoms with van der Waals surface area (Å²) in [5.41, 5.74) is 0.378. The Morgan fingerprint density at radius 3 is 2.51 bits per heavy atom. The van der Waals surface area contributed by atoms with Gasteiger partial charge in [0.25, 0.3) is 0 Å². The fourth-order valence-electron chi connectivity index (χ4n) is 4.53. The van der Waals surface area contributed by atoms with Gasteiger partial charge in [-0.05, 0) is 49.3 Å². The number of nitrogens with zero attached hydrogens (tertiary/aromatic N) is 2. The van der Waals surface area contributed by atoms with Gasteiger partial charge in [-0.15, -0.1) is 0 Å². The van der Waals surface area contributed by atoms with Gasteiger partial charge in [-0.2, -0.15) is 8.78 Å². The smallest absolute Gasteiger partial charge is 0.387 e. The molecule has 1 aliphatic carbocycles. The number of carboxylic acids is 1. The van der Waals surface area contributed by atoms with Crippen molar-refractivity contribution in [2.45, 2.75) is 53.2 Å². The highest BCUT2D eigenvalue weighted by atomic mass is 32.2. The van der Waals surface area contributed by atoms with Crippen molar-refractivity contribution in [3.05, 3.63) is 54.0 Å². The first-order chi connectivity index (χ1) is 18.2. The Morgan fingerprint density at radius 1 is 1.28 bits per heavy atom. The van der Waals surface area contributed by atoms with Gasteiger partial charge >= 0.3 is 12.6 Å². The number of aromatic nitrogens is 2. The van der Waals surface area contributed by atoms with Gasteiger partial charge in [-0.1, -0.05) is 32.9 Å². The fourth-order valence-corrected chi connectivity index (χ4v) is 5.41. The molecule has 4 rings (SSSR count). The molecule has 0 saturated heterocycles. The summed E-state index contributed by atoms with van der Waals surface area (Å²) in [6.07, 6.45) is 6.46. The number of aromatic carboxylic acids is 1. The predicted octanol–water partition coefficient (Wildman–Crippen LogP) is 6.46. The number of alkyl halides is 2. The summed E-state index contributed by atoms with van der Waals surface area (Å²) < 4.78 is 73.8. The number of benzene rings is 1. The van der Waals surface area contributed by atoms with Gasteiger partial charge in [0.2, 0.25) is 10.0 Å². The number of ether oxygens (including phenoxy) is 1. The molecule has 1 saturated carbocycles. The van der Waals surface area contributed by atoms with Gasteiger partial charge in [0, 0.05) is 29.3 Å². The van der Waals surface area contributed by atoms with Crippen LogP contribution in [0.5, 0.6) is 5.75 Å². The van der Waals surface area contributed by atoms with E-state index >= 15 is 0 Å². The molecule has 1 aliphatic rings. The van der Waals surface area contributed by atoms with Crippen LogP contribution in [0, 0.1) is 17.2 Å². The number of carbonyl (C=O) groups is 1. The van der Waals surface area contributed by atoms with E-state index in [1.54, 1.807) is 16.7 Å². The van der Waals surface area contributed by atoms with Crippen molar-refractivity contribution in [2.24, 2.45) is 11.3 Å². The molecule has 1 aromatic carbocycles. The molecular weight excluding hydrogens is 535 g/mol. The Hall–Kier alpha value is -3.54. The van der Waals surface area contributed by atoms with Crippen LogP contribution in [0.1, 0.15) is 56.9 Å². The van der Waals surface area contributed by atoms with E-state index in [0.29, 0.717) is 5.56 Å². The third-order valence-corrected chi connectivity index (χ3v) is 7.58. The quantitative estimate of drug-likeness (QED) is 0.273.